The average Bonchev–Trinajstić information content (AvgIpc) is 2.47. The molecule has 0 bridgehead atoms. The van der Waals surface area contributed by atoms with Crippen molar-refractivity contribution in [2.24, 2.45) is 11.7 Å². The second-order valence-corrected chi connectivity index (χ2v) is 5.80. The zero-order chi connectivity index (χ0) is 15.3. The number of ether oxygens (including phenoxy) is 1. The molecule has 0 amide bonds. The summed E-state index contributed by atoms with van der Waals surface area (Å²) in [5.74, 6) is -1.59. The third-order valence-electron chi connectivity index (χ3n) is 4.05. The van der Waals surface area contributed by atoms with Crippen LogP contribution in [-0.4, -0.2) is 24.2 Å². The smallest absolute Gasteiger partial charge is 0.248 e. The molecule has 1 atom stereocenters. The van der Waals surface area contributed by atoms with Crippen molar-refractivity contribution >= 4 is 0 Å². The van der Waals surface area contributed by atoms with Gasteiger partial charge in [0.25, 0.3) is 0 Å². The Morgan fingerprint density at radius 2 is 2.05 bits per heavy atom. The van der Waals surface area contributed by atoms with E-state index in [1.165, 1.54) is 0 Å². The summed E-state index contributed by atoms with van der Waals surface area (Å²) in [5, 5.41) is 8.91. The molecule has 1 aromatic carbocycles. The van der Waals surface area contributed by atoms with Gasteiger partial charge in [-0.05, 0) is 42.9 Å². The van der Waals surface area contributed by atoms with Crippen LogP contribution in [0.3, 0.4) is 0 Å². The highest BCUT2D eigenvalue weighted by molar-refractivity contribution is 5.30. The first kappa shape index (κ1) is 16.2. The Bertz CT molecular complexity index is 444. The Kier molecular flexibility index (Phi) is 5.53. The summed E-state index contributed by atoms with van der Waals surface area (Å²) in [6.45, 7) is 0.511. The quantitative estimate of drug-likeness (QED) is 0.847. The molecule has 3 nitrogen and oxygen atoms in total. The number of aliphatic hydroxyl groups excluding tert-OH is 1. The van der Waals surface area contributed by atoms with E-state index in [0.717, 1.165) is 5.56 Å². The van der Waals surface area contributed by atoms with Crippen molar-refractivity contribution in [2.45, 2.75) is 44.1 Å². The summed E-state index contributed by atoms with van der Waals surface area (Å²) in [5.41, 5.74) is 6.86. The summed E-state index contributed by atoms with van der Waals surface area (Å²) in [6, 6.07) is 7.24. The lowest BCUT2D eigenvalue weighted by atomic mass is 9.87. The maximum absolute atomic E-state index is 13.1. The molecule has 1 aliphatic rings. The molecule has 0 aromatic heterocycles. The van der Waals surface area contributed by atoms with Crippen molar-refractivity contribution < 1.29 is 18.6 Å². The number of benzene rings is 1. The number of hydrogen-bond donors (Lipinski definition) is 2. The second kappa shape index (κ2) is 7.18. The lowest BCUT2D eigenvalue weighted by Gasteiger charge is -2.28. The standard InChI is InChI=1S/C16H23F2NO2/c17-16(18)7-4-12(5-8-16)11-21-14-3-1-2-13(10-14)15(19)6-9-20/h1-3,10,12,15,20H,4-9,11,19H2. The van der Waals surface area contributed by atoms with Crippen LogP contribution in [-0.2, 0) is 0 Å². The van der Waals surface area contributed by atoms with Crippen LogP contribution in [0.1, 0.15) is 43.7 Å². The van der Waals surface area contributed by atoms with Crippen molar-refractivity contribution in [3.05, 3.63) is 29.8 Å². The van der Waals surface area contributed by atoms with Crippen LogP contribution in [0.25, 0.3) is 0 Å². The van der Waals surface area contributed by atoms with E-state index in [4.69, 9.17) is 15.6 Å². The Balaban J connectivity index is 1.85. The van der Waals surface area contributed by atoms with Gasteiger partial charge in [0, 0.05) is 25.5 Å². The Morgan fingerprint density at radius 3 is 2.71 bits per heavy atom. The molecule has 5 heteroatoms. The normalized spacial score (nSPS) is 20.2. The summed E-state index contributed by atoms with van der Waals surface area (Å²) >= 11 is 0. The van der Waals surface area contributed by atoms with Crippen LogP contribution in [0, 0.1) is 5.92 Å². The van der Waals surface area contributed by atoms with Crippen molar-refractivity contribution in [3.8, 4) is 5.75 Å². The van der Waals surface area contributed by atoms with Crippen molar-refractivity contribution in [1.29, 1.82) is 0 Å². The zero-order valence-electron chi connectivity index (χ0n) is 12.1. The topological polar surface area (TPSA) is 55.5 Å². The van der Waals surface area contributed by atoms with E-state index in [1.807, 2.05) is 24.3 Å². The molecule has 21 heavy (non-hydrogen) atoms. The Labute approximate surface area is 124 Å². The molecule has 0 radical (unpaired) electrons. The number of alkyl halides is 2. The highest BCUT2D eigenvalue weighted by atomic mass is 19.3. The third-order valence-corrected chi connectivity index (χ3v) is 4.05. The minimum Gasteiger partial charge on any atom is -0.493 e. The Hall–Kier alpha value is -1.20. The molecule has 0 saturated heterocycles. The first-order chi connectivity index (χ1) is 10.00. The molecular weight excluding hydrogens is 276 g/mol. The predicted molar refractivity (Wildman–Crippen MR) is 77.5 cm³/mol. The van der Waals surface area contributed by atoms with E-state index in [1.54, 1.807) is 0 Å². The SMILES string of the molecule is NC(CCO)c1cccc(OCC2CCC(F)(F)CC2)c1. The molecule has 0 heterocycles. The van der Waals surface area contributed by atoms with Crippen LogP contribution in [0.4, 0.5) is 8.78 Å². The highest BCUT2D eigenvalue weighted by Gasteiger charge is 2.34. The van der Waals surface area contributed by atoms with Gasteiger partial charge in [0.05, 0.1) is 6.61 Å². The Morgan fingerprint density at radius 1 is 1.33 bits per heavy atom. The van der Waals surface area contributed by atoms with E-state index >= 15 is 0 Å². The van der Waals surface area contributed by atoms with E-state index in [-0.39, 0.29) is 31.4 Å². The highest BCUT2D eigenvalue weighted by Crippen LogP contribution is 2.36. The predicted octanol–water partition coefficient (Wildman–Crippen LogP) is 3.27. The summed E-state index contributed by atoms with van der Waals surface area (Å²) < 4.78 is 31.9. The second-order valence-electron chi connectivity index (χ2n) is 5.80. The van der Waals surface area contributed by atoms with Crippen LogP contribution < -0.4 is 10.5 Å². The molecule has 1 aliphatic carbocycles. The van der Waals surface area contributed by atoms with Gasteiger partial charge in [-0.15, -0.1) is 0 Å². The summed E-state index contributed by atoms with van der Waals surface area (Å²) in [7, 11) is 0. The van der Waals surface area contributed by atoms with Crippen molar-refractivity contribution in [2.75, 3.05) is 13.2 Å². The number of aliphatic hydroxyl groups is 1. The van der Waals surface area contributed by atoms with E-state index in [0.29, 0.717) is 31.6 Å². The third kappa shape index (κ3) is 4.93. The van der Waals surface area contributed by atoms with Gasteiger partial charge >= 0.3 is 0 Å². The maximum Gasteiger partial charge on any atom is 0.248 e. The first-order valence-electron chi connectivity index (χ1n) is 7.47. The van der Waals surface area contributed by atoms with Crippen molar-refractivity contribution in [1.82, 2.24) is 0 Å². The molecule has 0 aliphatic heterocycles. The zero-order valence-corrected chi connectivity index (χ0v) is 12.1. The minimum absolute atomic E-state index is 0.0392. The molecule has 1 fully saturated rings. The van der Waals surface area contributed by atoms with Crippen molar-refractivity contribution in [3.63, 3.8) is 0 Å². The lowest BCUT2D eigenvalue weighted by molar-refractivity contribution is -0.0498. The van der Waals surface area contributed by atoms with E-state index < -0.39 is 5.92 Å². The fraction of sp³-hybridized carbons (Fsp3) is 0.625. The van der Waals surface area contributed by atoms with Crippen LogP contribution in [0.15, 0.2) is 24.3 Å². The van der Waals surface area contributed by atoms with Gasteiger partial charge in [-0.1, -0.05) is 12.1 Å². The molecular formula is C16H23F2NO2. The first-order valence-corrected chi connectivity index (χ1v) is 7.47. The molecule has 0 spiro atoms. The molecule has 1 aromatic rings. The van der Waals surface area contributed by atoms with Crippen LogP contribution in [0.2, 0.25) is 0 Å². The number of halogens is 2. The van der Waals surface area contributed by atoms with Gasteiger partial charge in [-0.2, -0.15) is 0 Å². The fourth-order valence-corrected chi connectivity index (χ4v) is 2.62. The van der Waals surface area contributed by atoms with Gasteiger partial charge in [-0.25, -0.2) is 8.78 Å². The summed E-state index contributed by atoms with van der Waals surface area (Å²) in [4.78, 5) is 0. The number of rotatable bonds is 6. The molecule has 1 saturated carbocycles. The van der Waals surface area contributed by atoms with Gasteiger partial charge < -0.3 is 15.6 Å². The maximum atomic E-state index is 13.1. The molecule has 2 rings (SSSR count). The fourth-order valence-electron chi connectivity index (χ4n) is 2.62. The molecule has 3 N–H and O–H groups in total. The van der Waals surface area contributed by atoms with Gasteiger partial charge in [0.2, 0.25) is 5.92 Å². The van der Waals surface area contributed by atoms with Gasteiger partial charge in [0.15, 0.2) is 0 Å². The molecule has 1 unspecified atom stereocenters. The van der Waals surface area contributed by atoms with Gasteiger partial charge in [0.1, 0.15) is 5.75 Å². The largest absolute Gasteiger partial charge is 0.493 e. The molecule has 118 valence electrons. The van der Waals surface area contributed by atoms with E-state index in [2.05, 4.69) is 0 Å². The van der Waals surface area contributed by atoms with Crippen LogP contribution in [0.5, 0.6) is 5.75 Å². The van der Waals surface area contributed by atoms with E-state index in [9.17, 15) is 8.78 Å². The number of nitrogens with two attached hydrogens (primary N) is 1. The van der Waals surface area contributed by atoms with Gasteiger partial charge in [-0.3, -0.25) is 0 Å². The lowest BCUT2D eigenvalue weighted by Crippen LogP contribution is -2.27. The van der Waals surface area contributed by atoms with Crippen LogP contribution >= 0.6 is 0 Å². The number of hydrogen-bond acceptors (Lipinski definition) is 3. The minimum atomic E-state index is -2.49. The summed E-state index contributed by atoms with van der Waals surface area (Å²) in [6.07, 6.45) is 1.44. The average molecular weight is 299 g/mol. The monoisotopic (exact) mass is 299 g/mol.